The fourth-order valence-corrected chi connectivity index (χ4v) is 1.88. The maximum absolute atomic E-state index is 11.8. The van der Waals surface area contributed by atoms with Crippen molar-refractivity contribution in [1.82, 2.24) is 4.90 Å². The lowest BCUT2D eigenvalue weighted by molar-refractivity contribution is -0.139. The van der Waals surface area contributed by atoms with Gasteiger partial charge in [-0.3, -0.25) is 4.79 Å². The van der Waals surface area contributed by atoms with E-state index in [0.29, 0.717) is 11.8 Å². The Hall–Kier alpha value is -0.530. The van der Waals surface area contributed by atoms with Crippen LogP contribution < -0.4 is 0 Å². The number of carbonyl (C=O) groups is 1. The summed E-state index contributed by atoms with van der Waals surface area (Å²) in [6.07, 6.45) is 2.92. The number of hydrogen-bond donors (Lipinski definition) is 0. The van der Waals surface area contributed by atoms with Crippen LogP contribution in [0, 0.1) is 11.3 Å². The highest BCUT2D eigenvalue weighted by Crippen LogP contribution is 2.31. The molecule has 82 valence electrons. The molecule has 1 fully saturated rings. The molecule has 0 aromatic carbocycles. The second-order valence-corrected chi connectivity index (χ2v) is 5.10. The molecule has 1 aliphatic rings. The van der Waals surface area contributed by atoms with Crippen LogP contribution in [0.5, 0.6) is 0 Å². The van der Waals surface area contributed by atoms with Gasteiger partial charge in [0.05, 0.1) is 0 Å². The fourth-order valence-electron chi connectivity index (χ4n) is 1.88. The van der Waals surface area contributed by atoms with E-state index in [4.69, 9.17) is 0 Å². The Labute approximate surface area is 87.7 Å². The standard InChI is InChI=1S/C12H23NO/c1-5-12(4,6-2)7-11(14)13-8-10(3)9-13/h10H,5-9H2,1-4H3. The van der Waals surface area contributed by atoms with Gasteiger partial charge in [0.1, 0.15) is 0 Å². The summed E-state index contributed by atoms with van der Waals surface area (Å²) in [5.74, 6) is 1.07. The van der Waals surface area contributed by atoms with Crippen molar-refractivity contribution in [3.8, 4) is 0 Å². The largest absolute Gasteiger partial charge is 0.342 e. The maximum atomic E-state index is 11.8. The van der Waals surface area contributed by atoms with E-state index in [-0.39, 0.29) is 5.41 Å². The number of carbonyl (C=O) groups excluding carboxylic acids is 1. The van der Waals surface area contributed by atoms with E-state index < -0.39 is 0 Å². The monoisotopic (exact) mass is 197 g/mol. The molecule has 0 unspecified atom stereocenters. The van der Waals surface area contributed by atoms with Gasteiger partial charge < -0.3 is 4.90 Å². The van der Waals surface area contributed by atoms with Gasteiger partial charge in [-0.05, 0) is 11.3 Å². The predicted octanol–water partition coefficient (Wildman–Crippen LogP) is 2.68. The second kappa shape index (κ2) is 4.33. The van der Waals surface area contributed by atoms with E-state index in [9.17, 15) is 4.79 Å². The normalized spacial score (nSPS) is 18.1. The first-order chi connectivity index (χ1) is 6.50. The SMILES string of the molecule is CCC(C)(CC)CC(=O)N1CC(C)C1. The molecule has 0 aromatic rings. The van der Waals surface area contributed by atoms with Crippen molar-refractivity contribution in [3.05, 3.63) is 0 Å². The summed E-state index contributed by atoms with van der Waals surface area (Å²) >= 11 is 0. The molecule has 1 amide bonds. The highest BCUT2D eigenvalue weighted by Gasteiger charge is 2.31. The van der Waals surface area contributed by atoms with Gasteiger partial charge >= 0.3 is 0 Å². The van der Waals surface area contributed by atoms with Gasteiger partial charge in [0.15, 0.2) is 0 Å². The van der Waals surface area contributed by atoms with Gasteiger partial charge in [-0.25, -0.2) is 0 Å². The zero-order chi connectivity index (χ0) is 10.8. The van der Waals surface area contributed by atoms with Crippen molar-refractivity contribution in [1.29, 1.82) is 0 Å². The highest BCUT2D eigenvalue weighted by molar-refractivity contribution is 5.77. The van der Waals surface area contributed by atoms with Crippen LogP contribution in [-0.4, -0.2) is 23.9 Å². The van der Waals surface area contributed by atoms with Gasteiger partial charge in [0, 0.05) is 19.5 Å². The molecule has 14 heavy (non-hydrogen) atoms. The molecule has 0 saturated carbocycles. The van der Waals surface area contributed by atoms with Crippen molar-refractivity contribution >= 4 is 5.91 Å². The minimum atomic E-state index is 0.218. The molecule has 1 heterocycles. The Morgan fingerprint density at radius 2 is 1.86 bits per heavy atom. The third-order valence-corrected chi connectivity index (χ3v) is 3.70. The summed E-state index contributed by atoms with van der Waals surface area (Å²) < 4.78 is 0. The van der Waals surface area contributed by atoms with Crippen LogP contribution in [-0.2, 0) is 4.79 Å². The van der Waals surface area contributed by atoms with Crippen molar-refractivity contribution in [3.63, 3.8) is 0 Å². The minimum Gasteiger partial charge on any atom is -0.342 e. The van der Waals surface area contributed by atoms with Gasteiger partial charge in [-0.2, -0.15) is 0 Å². The molecule has 1 rings (SSSR count). The smallest absolute Gasteiger partial charge is 0.223 e. The molecule has 1 saturated heterocycles. The zero-order valence-corrected chi connectivity index (χ0v) is 9.97. The first-order valence-corrected chi connectivity index (χ1v) is 5.78. The second-order valence-electron chi connectivity index (χ2n) is 5.10. The molecule has 1 aliphatic heterocycles. The van der Waals surface area contributed by atoms with Crippen LogP contribution in [0.4, 0.5) is 0 Å². The van der Waals surface area contributed by atoms with Gasteiger partial charge in [-0.15, -0.1) is 0 Å². The third kappa shape index (κ3) is 2.49. The lowest BCUT2D eigenvalue weighted by Gasteiger charge is -2.39. The Kier molecular flexibility index (Phi) is 3.57. The molecular weight excluding hydrogens is 174 g/mol. The topological polar surface area (TPSA) is 20.3 Å². The number of likely N-dealkylation sites (tertiary alicyclic amines) is 1. The van der Waals surface area contributed by atoms with Gasteiger partial charge in [0.2, 0.25) is 5.91 Å². The lowest BCUT2D eigenvalue weighted by atomic mass is 9.80. The summed E-state index contributed by atoms with van der Waals surface area (Å²) in [4.78, 5) is 13.8. The number of nitrogens with zero attached hydrogens (tertiary/aromatic N) is 1. The molecule has 0 N–H and O–H groups in total. The average Bonchev–Trinajstić information content (AvgIpc) is 2.12. The first kappa shape index (κ1) is 11.5. The minimum absolute atomic E-state index is 0.218. The van der Waals surface area contributed by atoms with Gasteiger partial charge in [0.25, 0.3) is 0 Å². The molecule has 2 nitrogen and oxygen atoms in total. The van der Waals surface area contributed by atoms with Crippen molar-refractivity contribution in [2.45, 2.75) is 47.0 Å². The first-order valence-electron chi connectivity index (χ1n) is 5.78. The number of amides is 1. The molecule has 0 atom stereocenters. The summed E-state index contributed by atoms with van der Waals surface area (Å²) in [7, 11) is 0. The Bertz CT molecular complexity index is 202. The fraction of sp³-hybridized carbons (Fsp3) is 0.917. The van der Waals surface area contributed by atoms with Crippen LogP contribution in [0.15, 0.2) is 0 Å². The lowest BCUT2D eigenvalue weighted by Crippen LogP contribution is -2.49. The van der Waals surface area contributed by atoms with Crippen LogP contribution >= 0.6 is 0 Å². The maximum Gasteiger partial charge on any atom is 0.223 e. The van der Waals surface area contributed by atoms with E-state index in [0.717, 1.165) is 32.4 Å². The van der Waals surface area contributed by atoms with E-state index in [2.05, 4.69) is 27.7 Å². The van der Waals surface area contributed by atoms with Crippen LogP contribution in [0.3, 0.4) is 0 Å². The third-order valence-electron chi connectivity index (χ3n) is 3.70. The van der Waals surface area contributed by atoms with E-state index in [1.807, 2.05) is 4.90 Å². The molecule has 0 spiro atoms. The van der Waals surface area contributed by atoms with Crippen molar-refractivity contribution in [2.24, 2.45) is 11.3 Å². The van der Waals surface area contributed by atoms with E-state index >= 15 is 0 Å². The summed E-state index contributed by atoms with van der Waals surface area (Å²) in [5, 5.41) is 0. The number of hydrogen-bond acceptors (Lipinski definition) is 1. The van der Waals surface area contributed by atoms with Crippen LogP contribution in [0.25, 0.3) is 0 Å². The highest BCUT2D eigenvalue weighted by atomic mass is 16.2. The zero-order valence-electron chi connectivity index (χ0n) is 9.97. The van der Waals surface area contributed by atoms with E-state index in [1.54, 1.807) is 0 Å². The summed E-state index contributed by atoms with van der Waals surface area (Å²) in [5.41, 5.74) is 0.218. The molecule has 0 radical (unpaired) electrons. The van der Waals surface area contributed by atoms with E-state index in [1.165, 1.54) is 0 Å². The van der Waals surface area contributed by atoms with Crippen LogP contribution in [0.2, 0.25) is 0 Å². The van der Waals surface area contributed by atoms with Gasteiger partial charge in [-0.1, -0.05) is 40.5 Å². The molecule has 0 aliphatic carbocycles. The summed E-state index contributed by atoms with van der Waals surface area (Å²) in [6.45, 7) is 10.7. The molecular formula is C12H23NO. The average molecular weight is 197 g/mol. The van der Waals surface area contributed by atoms with Crippen molar-refractivity contribution in [2.75, 3.05) is 13.1 Å². The number of rotatable bonds is 4. The Balaban J connectivity index is 2.39. The summed E-state index contributed by atoms with van der Waals surface area (Å²) in [6, 6.07) is 0. The molecule has 0 aromatic heterocycles. The van der Waals surface area contributed by atoms with Crippen molar-refractivity contribution < 1.29 is 4.79 Å². The van der Waals surface area contributed by atoms with Crippen LogP contribution in [0.1, 0.15) is 47.0 Å². The quantitative estimate of drug-likeness (QED) is 0.678. The Morgan fingerprint density at radius 3 is 2.21 bits per heavy atom. The molecule has 0 bridgehead atoms. The Morgan fingerprint density at radius 1 is 1.36 bits per heavy atom. The molecule has 2 heteroatoms. The predicted molar refractivity (Wildman–Crippen MR) is 59.1 cm³/mol.